The minimum Gasteiger partial charge on any atom is -0.386 e. The number of amides is 1. The zero-order valence-corrected chi connectivity index (χ0v) is 14.0. The quantitative estimate of drug-likeness (QED) is 0.662. The molecule has 0 spiro atoms. The van der Waals surface area contributed by atoms with Gasteiger partial charge in [-0.25, -0.2) is 0 Å². The zero-order chi connectivity index (χ0) is 16.8. The fraction of sp³-hybridized carbons (Fsp3) is 0.263. The lowest BCUT2D eigenvalue weighted by molar-refractivity contribution is -0.126. The highest BCUT2D eigenvalue weighted by molar-refractivity contribution is 6.30. The molecule has 0 aromatic heterocycles. The summed E-state index contributed by atoms with van der Waals surface area (Å²) < 4.78 is 0. The van der Waals surface area contributed by atoms with Gasteiger partial charge in [0.2, 0.25) is 0 Å². The Morgan fingerprint density at radius 1 is 1.25 bits per heavy atom. The average molecular weight is 343 g/mol. The molecular weight excluding hydrogens is 324 g/mol. The summed E-state index contributed by atoms with van der Waals surface area (Å²) in [6.07, 6.45) is 4.66. The number of nitrogens with zero attached hydrogens (tertiary/aromatic N) is 1. The number of nitrogens with one attached hydrogen (secondary N) is 1. The van der Waals surface area contributed by atoms with E-state index in [1.165, 1.54) is 11.1 Å². The second-order valence-electron chi connectivity index (χ2n) is 5.77. The molecular formula is C19H19ClN2O2. The van der Waals surface area contributed by atoms with Crippen molar-refractivity contribution in [2.24, 2.45) is 5.16 Å². The van der Waals surface area contributed by atoms with Crippen LogP contribution in [0.2, 0.25) is 5.02 Å². The summed E-state index contributed by atoms with van der Waals surface area (Å²) in [5.41, 5.74) is 3.39. The number of hydrogen-bond acceptors (Lipinski definition) is 3. The summed E-state index contributed by atoms with van der Waals surface area (Å²) in [6, 6.07) is 15.5. The summed E-state index contributed by atoms with van der Waals surface area (Å²) in [4.78, 5) is 17.1. The van der Waals surface area contributed by atoms with E-state index in [0.717, 1.165) is 24.8 Å². The number of carbonyl (C=O) groups excluding carboxylic acids is 1. The molecule has 4 nitrogen and oxygen atoms in total. The molecule has 124 valence electrons. The summed E-state index contributed by atoms with van der Waals surface area (Å²) in [5, 5.41) is 7.51. The van der Waals surface area contributed by atoms with Crippen molar-refractivity contribution in [1.82, 2.24) is 5.32 Å². The van der Waals surface area contributed by atoms with Crippen molar-refractivity contribution in [1.29, 1.82) is 0 Å². The summed E-state index contributed by atoms with van der Waals surface area (Å²) in [5.74, 6) is -0.162. The number of oxime groups is 1. The van der Waals surface area contributed by atoms with Gasteiger partial charge in [-0.15, -0.1) is 0 Å². The third kappa shape index (κ3) is 4.36. The van der Waals surface area contributed by atoms with Crippen molar-refractivity contribution in [3.05, 3.63) is 70.2 Å². The Morgan fingerprint density at radius 3 is 2.88 bits per heavy atom. The third-order valence-electron chi connectivity index (χ3n) is 4.05. The molecule has 1 amide bonds. The monoisotopic (exact) mass is 342 g/mol. The first kappa shape index (κ1) is 16.5. The Labute approximate surface area is 146 Å². The van der Waals surface area contributed by atoms with Gasteiger partial charge in [-0.2, -0.15) is 0 Å². The van der Waals surface area contributed by atoms with Crippen molar-refractivity contribution in [3.8, 4) is 0 Å². The second-order valence-corrected chi connectivity index (χ2v) is 6.21. The van der Waals surface area contributed by atoms with E-state index in [1.807, 2.05) is 24.3 Å². The van der Waals surface area contributed by atoms with Gasteiger partial charge in [0.25, 0.3) is 5.91 Å². The van der Waals surface area contributed by atoms with E-state index in [4.69, 9.17) is 16.4 Å². The second kappa shape index (κ2) is 7.97. The smallest absolute Gasteiger partial charge is 0.261 e. The van der Waals surface area contributed by atoms with E-state index in [1.54, 1.807) is 18.3 Å². The van der Waals surface area contributed by atoms with Crippen molar-refractivity contribution < 1.29 is 9.63 Å². The van der Waals surface area contributed by atoms with Crippen molar-refractivity contribution in [2.75, 3.05) is 6.61 Å². The molecule has 0 radical (unpaired) electrons. The maximum absolute atomic E-state index is 12.0. The van der Waals surface area contributed by atoms with Crippen LogP contribution in [0.25, 0.3) is 0 Å². The highest BCUT2D eigenvalue weighted by atomic mass is 35.5. The van der Waals surface area contributed by atoms with Crippen molar-refractivity contribution in [3.63, 3.8) is 0 Å². The molecule has 2 aromatic rings. The van der Waals surface area contributed by atoms with Crippen molar-refractivity contribution in [2.45, 2.75) is 25.3 Å². The van der Waals surface area contributed by atoms with Gasteiger partial charge in [-0.3, -0.25) is 4.79 Å². The molecule has 24 heavy (non-hydrogen) atoms. The third-order valence-corrected chi connectivity index (χ3v) is 4.30. The highest BCUT2D eigenvalue weighted by Gasteiger charge is 2.21. The number of rotatable bonds is 5. The van der Waals surface area contributed by atoms with E-state index in [9.17, 15) is 4.79 Å². The highest BCUT2D eigenvalue weighted by Crippen LogP contribution is 2.29. The Kier molecular flexibility index (Phi) is 5.49. The van der Waals surface area contributed by atoms with E-state index in [-0.39, 0.29) is 18.6 Å². The maximum atomic E-state index is 12.0. The topological polar surface area (TPSA) is 50.7 Å². The van der Waals surface area contributed by atoms with Gasteiger partial charge >= 0.3 is 0 Å². The van der Waals surface area contributed by atoms with Gasteiger partial charge in [0.15, 0.2) is 6.61 Å². The van der Waals surface area contributed by atoms with Crippen LogP contribution in [0.4, 0.5) is 0 Å². The van der Waals surface area contributed by atoms with Crippen LogP contribution >= 0.6 is 11.6 Å². The number of benzene rings is 2. The van der Waals surface area contributed by atoms with E-state index in [2.05, 4.69) is 22.6 Å². The normalized spacial score (nSPS) is 16.6. The number of aryl methyl sites for hydroxylation is 1. The minimum absolute atomic E-state index is 0.0614. The molecule has 1 aliphatic rings. The van der Waals surface area contributed by atoms with E-state index in [0.29, 0.717) is 5.02 Å². The summed E-state index contributed by atoms with van der Waals surface area (Å²) >= 11 is 5.81. The van der Waals surface area contributed by atoms with Gasteiger partial charge in [0.1, 0.15) is 0 Å². The predicted molar refractivity (Wildman–Crippen MR) is 95.3 cm³/mol. The number of hydrogen-bond donors (Lipinski definition) is 1. The Balaban J connectivity index is 1.49. The molecule has 2 aromatic carbocycles. The first-order valence-electron chi connectivity index (χ1n) is 8.00. The number of halogens is 1. The van der Waals surface area contributed by atoms with Crippen molar-refractivity contribution >= 4 is 23.7 Å². The summed E-state index contributed by atoms with van der Waals surface area (Å²) in [6.45, 7) is -0.0945. The fourth-order valence-electron chi connectivity index (χ4n) is 2.88. The SMILES string of the molecule is O=C(CO/N=C\c1ccc(Cl)cc1)N[C@H]1CCCc2ccccc21. The lowest BCUT2D eigenvalue weighted by Gasteiger charge is -2.26. The number of fused-ring (bicyclic) bond motifs is 1. The molecule has 5 heteroatoms. The molecule has 0 bridgehead atoms. The Hall–Kier alpha value is -2.33. The van der Waals surface area contributed by atoms with E-state index >= 15 is 0 Å². The first-order chi connectivity index (χ1) is 11.7. The lowest BCUT2D eigenvalue weighted by atomic mass is 9.88. The average Bonchev–Trinajstić information content (AvgIpc) is 2.61. The molecule has 0 saturated heterocycles. The first-order valence-corrected chi connectivity index (χ1v) is 8.38. The lowest BCUT2D eigenvalue weighted by Crippen LogP contribution is -2.33. The molecule has 1 aliphatic carbocycles. The Bertz CT molecular complexity index is 728. The van der Waals surface area contributed by atoms with Crippen LogP contribution in [-0.2, 0) is 16.1 Å². The van der Waals surface area contributed by atoms with Gasteiger partial charge in [-0.1, -0.05) is 53.2 Å². The minimum atomic E-state index is -0.162. The van der Waals surface area contributed by atoms with Crippen LogP contribution in [0, 0.1) is 0 Å². The molecule has 1 N–H and O–H groups in total. The molecule has 1 atom stereocenters. The molecule has 0 aliphatic heterocycles. The molecule has 0 heterocycles. The van der Waals surface area contributed by atoms with Crippen LogP contribution in [0.15, 0.2) is 53.7 Å². The predicted octanol–water partition coefficient (Wildman–Crippen LogP) is 3.88. The summed E-state index contributed by atoms with van der Waals surface area (Å²) in [7, 11) is 0. The van der Waals surface area contributed by atoms with Gasteiger partial charge in [0.05, 0.1) is 12.3 Å². The largest absolute Gasteiger partial charge is 0.386 e. The molecule has 0 saturated carbocycles. The molecule has 0 fully saturated rings. The fourth-order valence-corrected chi connectivity index (χ4v) is 3.01. The molecule has 3 rings (SSSR count). The Morgan fingerprint density at radius 2 is 2.04 bits per heavy atom. The van der Waals surface area contributed by atoms with Crippen LogP contribution in [0.3, 0.4) is 0 Å². The van der Waals surface area contributed by atoms with Gasteiger partial charge in [0, 0.05) is 5.02 Å². The molecule has 0 unspecified atom stereocenters. The van der Waals surface area contributed by atoms with Crippen LogP contribution < -0.4 is 5.32 Å². The van der Waals surface area contributed by atoms with Crippen LogP contribution in [0.5, 0.6) is 0 Å². The zero-order valence-electron chi connectivity index (χ0n) is 13.2. The van der Waals surface area contributed by atoms with Gasteiger partial charge in [-0.05, 0) is 48.1 Å². The van der Waals surface area contributed by atoms with Crippen LogP contribution in [-0.4, -0.2) is 18.7 Å². The van der Waals surface area contributed by atoms with Gasteiger partial charge < -0.3 is 10.2 Å². The van der Waals surface area contributed by atoms with E-state index < -0.39 is 0 Å². The maximum Gasteiger partial charge on any atom is 0.261 e. The standard InChI is InChI=1S/C19H19ClN2O2/c20-16-10-8-14(9-11-16)12-21-24-13-19(23)22-18-7-3-5-15-4-1-2-6-17(15)18/h1-2,4,6,8-12,18H,3,5,7,13H2,(H,22,23)/b21-12-/t18-/m0/s1. The van der Waals surface area contributed by atoms with Crippen LogP contribution in [0.1, 0.15) is 35.6 Å². The number of carbonyl (C=O) groups is 1.